The summed E-state index contributed by atoms with van der Waals surface area (Å²) in [6.45, 7) is 9.79. The molecule has 0 bridgehead atoms. The van der Waals surface area contributed by atoms with E-state index in [0.29, 0.717) is 28.1 Å². The van der Waals surface area contributed by atoms with Crippen LogP contribution in [0.3, 0.4) is 0 Å². The Balaban J connectivity index is 2.30. The zero-order chi connectivity index (χ0) is 19.7. The minimum absolute atomic E-state index is 0.147. The molecule has 0 aromatic heterocycles. The lowest BCUT2D eigenvalue weighted by molar-refractivity contribution is -0.122. The van der Waals surface area contributed by atoms with Gasteiger partial charge in [-0.2, -0.15) is 0 Å². The lowest BCUT2D eigenvalue weighted by Gasteiger charge is -2.12. The van der Waals surface area contributed by atoms with Gasteiger partial charge in [0.1, 0.15) is 5.76 Å². The van der Waals surface area contributed by atoms with Gasteiger partial charge in [-0.15, -0.1) is 0 Å². The molecule has 27 heavy (non-hydrogen) atoms. The minimum atomic E-state index is -0.510. The molecule has 0 saturated carbocycles. The van der Waals surface area contributed by atoms with Crippen LogP contribution in [-0.4, -0.2) is 24.7 Å². The Morgan fingerprint density at radius 1 is 1.04 bits per heavy atom. The Morgan fingerprint density at radius 2 is 1.67 bits per heavy atom. The number of ketones is 1. The molecule has 0 fully saturated rings. The number of hydrogen-bond acceptors (Lipinski definition) is 4. The molecule has 0 aliphatic carbocycles. The van der Waals surface area contributed by atoms with Gasteiger partial charge in [0.2, 0.25) is 5.91 Å². The number of hydrogen-bond donors (Lipinski definition) is 0. The van der Waals surface area contributed by atoms with E-state index < -0.39 is 11.8 Å². The van der Waals surface area contributed by atoms with Crippen molar-refractivity contribution in [1.82, 2.24) is 0 Å². The fourth-order valence-corrected chi connectivity index (χ4v) is 3.07. The number of carbonyl (C=O) groups is 3. The maximum atomic E-state index is 13.0. The van der Waals surface area contributed by atoms with E-state index in [1.165, 1.54) is 21.0 Å². The Bertz CT molecular complexity index is 1040. The number of Topliss-reactive ketones (excluding diaryl/α,β-unsaturated/α-hetero) is 1. The van der Waals surface area contributed by atoms with Crippen LogP contribution in [0.1, 0.15) is 35.3 Å². The molecule has 0 N–H and O–H groups in total. The number of benzene rings is 2. The Hall–Kier alpha value is -3.72. The van der Waals surface area contributed by atoms with Crippen molar-refractivity contribution in [3.8, 4) is 0 Å². The van der Waals surface area contributed by atoms with Gasteiger partial charge in [-0.05, 0) is 25.1 Å². The molecule has 2 aromatic carbocycles. The highest BCUT2D eigenvalue weighted by Crippen LogP contribution is 2.42. The predicted octanol–water partition coefficient (Wildman–Crippen LogP) is 3.85. The fraction of sp³-hybridized carbons (Fsp3) is 0.143. The number of methoxy groups -OCH3 is 1. The van der Waals surface area contributed by atoms with Crippen LogP contribution in [0.25, 0.3) is 16.2 Å². The second-order valence-corrected chi connectivity index (χ2v) is 6.01. The second-order valence-electron chi connectivity index (χ2n) is 6.01. The third kappa shape index (κ3) is 3.00. The topological polar surface area (TPSA) is 68.0 Å². The van der Waals surface area contributed by atoms with E-state index in [2.05, 4.69) is 4.85 Å². The average molecular weight is 360 g/mol. The molecule has 1 heterocycles. The van der Waals surface area contributed by atoms with Crippen molar-refractivity contribution in [2.45, 2.75) is 13.8 Å². The van der Waals surface area contributed by atoms with Gasteiger partial charge in [-0.1, -0.05) is 24.3 Å². The first kappa shape index (κ1) is 18.1. The summed E-state index contributed by atoms with van der Waals surface area (Å²) in [6, 6.07) is 11.4. The zero-order valence-corrected chi connectivity index (χ0v) is 15.1. The van der Waals surface area contributed by atoms with Crippen molar-refractivity contribution < 1.29 is 19.1 Å². The normalized spacial score (nSPS) is 14.4. The van der Waals surface area contributed by atoms with Crippen LogP contribution in [-0.2, 0) is 14.3 Å². The summed E-state index contributed by atoms with van der Waals surface area (Å²) in [4.78, 5) is 41.3. The quantitative estimate of drug-likeness (QED) is 0.361. The van der Waals surface area contributed by atoms with Gasteiger partial charge in [0.15, 0.2) is 11.5 Å². The van der Waals surface area contributed by atoms with Crippen LogP contribution in [0.5, 0.6) is 0 Å². The number of nitrogens with zero attached hydrogens (tertiary/aromatic N) is 2. The van der Waals surface area contributed by atoms with Gasteiger partial charge in [0.05, 0.1) is 24.9 Å². The van der Waals surface area contributed by atoms with Crippen LogP contribution in [0.15, 0.2) is 42.5 Å². The second kappa shape index (κ2) is 6.89. The third-order valence-corrected chi connectivity index (χ3v) is 4.33. The van der Waals surface area contributed by atoms with Crippen molar-refractivity contribution in [2.75, 3.05) is 12.0 Å². The first-order valence-electron chi connectivity index (χ1n) is 8.15. The molecule has 1 aliphatic heterocycles. The monoisotopic (exact) mass is 360 g/mol. The van der Waals surface area contributed by atoms with Gasteiger partial charge in [0, 0.05) is 23.6 Å². The zero-order valence-electron chi connectivity index (χ0n) is 15.1. The molecule has 134 valence electrons. The molecular weight excluding hydrogens is 344 g/mol. The number of amides is 2. The standard InChI is InChI=1S/C21H16N2O4/c1-12(24)15-7-10-18-17(11-15)19(21(26)23(18)13(2)25)20(27-4)14-5-8-16(22-3)9-6-14/h5-11H,1-2,4H3/b20-19-. The highest BCUT2D eigenvalue weighted by atomic mass is 16.5. The Morgan fingerprint density at radius 3 is 2.19 bits per heavy atom. The molecule has 0 radical (unpaired) electrons. The van der Waals surface area contributed by atoms with E-state index in [1.807, 2.05) is 0 Å². The fourth-order valence-electron chi connectivity index (χ4n) is 3.07. The van der Waals surface area contributed by atoms with Crippen molar-refractivity contribution in [3.63, 3.8) is 0 Å². The maximum Gasteiger partial charge on any atom is 0.269 e. The van der Waals surface area contributed by atoms with E-state index in [9.17, 15) is 14.4 Å². The molecule has 0 saturated heterocycles. The van der Waals surface area contributed by atoms with Crippen molar-refractivity contribution in [3.05, 3.63) is 70.6 Å². The van der Waals surface area contributed by atoms with Gasteiger partial charge in [-0.3, -0.25) is 14.4 Å². The lowest BCUT2D eigenvalue weighted by atomic mass is 9.99. The highest BCUT2D eigenvalue weighted by molar-refractivity contribution is 6.43. The molecule has 2 aromatic rings. The molecule has 0 atom stereocenters. The number of fused-ring (bicyclic) bond motifs is 1. The largest absolute Gasteiger partial charge is 0.495 e. The van der Waals surface area contributed by atoms with Crippen molar-refractivity contribution in [1.29, 1.82) is 0 Å². The van der Waals surface area contributed by atoms with E-state index >= 15 is 0 Å². The Labute approximate surface area is 156 Å². The Kier molecular flexibility index (Phi) is 4.61. The summed E-state index contributed by atoms with van der Waals surface area (Å²) < 4.78 is 5.51. The number of ether oxygens (including phenoxy) is 1. The van der Waals surface area contributed by atoms with Gasteiger partial charge >= 0.3 is 0 Å². The molecule has 6 heteroatoms. The molecular formula is C21H16N2O4. The summed E-state index contributed by atoms with van der Waals surface area (Å²) in [5.41, 5.74) is 2.58. The van der Waals surface area contributed by atoms with E-state index in [4.69, 9.17) is 11.3 Å². The predicted molar refractivity (Wildman–Crippen MR) is 101 cm³/mol. The molecule has 0 spiro atoms. The molecule has 0 unspecified atom stereocenters. The SMILES string of the molecule is [C-]#[N+]c1ccc(/C(OC)=C2/C(=O)N(C(C)=O)c3ccc(C(C)=O)cc32)cc1. The summed E-state index contributed by atoms with van der Waals surface area (Å²) in [5, 5.41) is 0. The van der Waals surface area contributed by atoms with E-state index in [-0.39, 0.29) is 17.1 Å². The average Bonchev–Trinajstić information content (AvgIpc) is 2.94. The van der Waals surface area contributed by atoms with Crippen molar-refractivity contribution in [2.24, 2.45) is 0 Å². The van der Waals surface area contributed by atoms with Gasteiger partial charge < -0.3 is 4.74 Å². The van der Waals surface area contributed by atoms with Crippen LogP contribution in [0.2, 0.25) is 0 Å². The highest BCUT2D eigenvalue weighted by Gasteiger charge is 2.38. The van der Waals surface area contributed by atoms with Crippen molar-refractivity contribution >= 4 is 40.3 Å². The summed E-state index contributed by atoms with van der Waals surface area (Å²) in [5.74, 6) is -0.802. The maximum absolute atomic E-state index is 13.0. The molecule has 6 nitrogen and oxygen atoms in total. The van der Waals surface area contributed by atoms with E-state index in [1.54, 1.807) is 42.5 Å². The first-order chi connectivity index (χ1) is 12.9. The van der Waals surface area contributed by atoms with Crippen LogP contribution < -0.4 is 4.90 Å². The first-order valence-corrected chi connectivity index (χ1v) is 8.15. The number of carbonyl (C=O) groups excluding carboxylic acids is 3. The number of rotatable bonds is 3. The van der Waals surface area contributed by atoms with Crippen LogP contribution in [0, 0.1) is 6.57 Å². The van der Waals surface area contributed by atoms with Crippen LogP contribution >= 0.6 is 0 Å². The minimum Gasteiger partial charge on any atom is -0.495 e. The smallest absolute Gasteiger partial charge is 0.269 e. The summed E-state index contributed by atoms with van der Waals surface area (Å²) in [7, 11) is 1.43. The third-order valence-electron chi connectivity index (χ3n) is 4.33. The van der Waals surface area contributed by atoms with Gasteiger partial charge in [-0.25, -0.2) is 9.74 Å². The van der Waals surface area contributed by atoms with E-state index in [0.717, 1.165) is 4.90 Å². The summed E-state index contributed by atoms with van der Waals surface area (Å²) >= 11 is 0. The number of imide groups is 1. The molecule has 3 rings (SSSR count). The van der Waals surface area contributed by atoms with Gasteiger partial charge in [0.25, 0.3) is 5.91 Å². The lowest BCUT2D eigenvalue weighted by Crippen LogP contribution is -2.31. The molecule has 1 aliphatic rings. The molecule has 2 amide bonds. The van der Waals surface area contributed by atoms with Crippen LogP contribution in [0.4, 0.5) is 11.4 Å². The number of anilines is 1. The summed E-state index contributed by atoms with van der Waals surface area (Å²) in [6.07, 6.45) is 0.